The summed E-state index contributed by atoms with van der Waals surface area (Å²) in [5.41, 5.74) is -0.0136. The van der Waals surface area contributed by atoms with Crippen LogP contribution >= 0.6 is 0 Å². The largest absolute Gasteiger partial charge is 0.381 e. The van der Waals surface area contributed by atoms with Gasteiger partial charge < -0.3 is 9.47 Å². The van der Waals surface area contributed by atoms with Gasteiger partial charge in [-0.05, 0) is 33.6 Å². The maximum absolute atomic E-state index is 5.93. The Kier molecular flexibility index (Phi) is 2.58. The van der Waals surface area contributed by atoms with Gasteiger partial charge >= 0.3 is 0 Å². The Hall–Kier alpha value is -0.120. The average molecular weight is 199 g/mol. The smallest absolute Gasteiger partial charge is 0.119 e. The second kappa shape index (κ2) is 3.47. The summed E-state index contributed by atoms with van der Waals surface area (Å²) in [5, 5.41) is 3.60. The Morgan fingerprint density at radius 1 is 1.14 bits per heavy atom. The quantitative estimate of drug-likeness (QED) is 0.694. The topological polar surface area (TPSA) is 30.5 Å². The van der Waals surface area contributed by atoms with Gasteiger partial charge in [0.1, 0.15) is 5.72 Å². The number of nitrogens with one attached hydrogen (secondary N) is 1. The predicted octanol–water partition coefficient (Wildman–Crippen LogP) is 1.53. The van der Waals surface area contributed by atoms with E-state index in [1.807, 2.05) is 0 Å². The van der Waals surface area contributed by atoms with Crippen molar-refractivity contribution in [3.8, 4) is 0 Å². The molecule has 0 bridgehead atoms. The second-order valence-electron chi connectivity index (χ2n) is 5.29. The zero-order chi connectivity index (χ0) is 10.2. The average Bonchev–Trinajstić information content (AvgIpc) is 2.44. The number of hydrogen-bond acceptors (Lipinski definition) is 3. The Bertz CT molecular complexity index is 211. The van der Waals surface area contributed by atoms with E-state index >= 15 is 0 Å². The predicted molar refractivity (Wildman–Crippen MR) is 55.1 cm³/mol. The van der Waals surface area contributed by atoms with E-state index in [0.717, 1.165) is 32.7 Å². The van der Waals surface area contributed by atoms with Crippen molar-refractivity contribution in [2.75, 3.05) is 19.8 Å². The highest BCUT2D eigenvalue weighted by atomic mass is 16.5. The van der Waals surface area contributed by atoms with E-state index in [2.05, 4.69) is 26.1 Å². The van der Waals surface area contributed by atoms with Crippen molar-refractivity contribution < 1.29 is 9.47 Å². The molecule has 0 saturated carbocycles. The molecule has 0 aromatic rings. The molecule has 0 amide bonds. The molecule has 2 fully saturated rings. The van der Waals surface area contributed by atoms with Gasteiger partial charge in [0.05, 0.1) is 6.61 Å². The van der Waals surface area contributed by atoms with Crippen LogP contribution in [-0.2, 0) is 9.47 Å². The minimum Gasteiger partial charge on any atom is -0.381 e. The third kappa shape index (κ3) is 1.95. The Balaban J connectivity index is 2.01. The fraction of sp³-hybridized carbons (Fsp3) is 1.00. The van der Waals surface area contributed by atoms with Crippen LogP contribution < -0.4 is 5.32 Å². The van der Waals surface area contributed by atoms with Crippen LogP contribution in [0.5, 0.6) is 0 Å². The minimum atomic E-state index is -0.132. The van der Waals surface area contributed by atoms with Gasteiger partial charge in [0.15, 0.2) is 0 Å². The molecule has 1 atom stereocenters. The van der Waals surface area contributed by atoms with Crippen LogP contribution in [0.4, 0.5) is 0 Å². The van der Waals surface area contributed by atoms with Crippen LogP contribution in [0.2, 0.25) is 0 Å². The van der Waals surface area contributed by atoms with Crippen LogP contribution in [0.3, 0.4) is 0 Å². The second-order valence-corrected chi connectivity index (χ2v) is 5.29. The van der Waals surface area contributed by atoms with Crippen LogP contribution in [0, 0.1) is 5.92 Å². The summed E-state index contributed by atoms with van der Waals surface area (Å²) < 4.78 is 11.3. The lowest BCUT2D eigenvalue weighted by atomic mass is 9.89. The number of rotatable bonds is 1. The lowest BCUT2D eigenvalue weighted by molar-refractivity contribution is -0.0799. The van der Waals surface area contributed by atoms with Gasteiger partial charge in [0.2, 0.25) is 0 Å². The third-order valence-electron chi connectivity index (χ3n) is 3.32. The molecule has 0 spiro atoms. The normalized spacial score (nSPS) is 38.8. The summed E-state index contributed by atoms with van der Waals surface area (Å²) in [7, 11) is 0. The molecular formula is C11H21NO2. The summed E-state index contributed by atoms with van der Waals surface area (Å²) >= 11 is 0. The summed E-state index contributed by atoms with van der Waals surface area (Å²) in [4.78, 5) is 0. The summed E-state index contributed by atoms with van der Waals surface area (Å²) in [6.45, 7) is 9.13. The molecule has 1 unspecified atom stereocenters. The molecule has 0 aliphatic carbocycles. The van der Waals surface area contributed by atoms with Gasteiger partial charge in [-0.2, -0.15) is 0 Å². The Morgan fingerprint density at radius 2 is 1.79 bits per heavy atom. The molecule has 82 valence electrons. The monoisotopic (exact) mass is 199 g/mol. The third-order valence-corrected chi connectivity index (χ3v) is 3.32. The van der Waals surface area contributed by atoms with E-state index < -0.39 is 0 Å². The van der Waals surface area contributed by atoms with E-state index in [4.69, 9.17) is 9.47 Å². The van der Waals surface area contributed by atoms with E-state index in [-0.39, 0.29) is 11.3 Å². The van der Waals surface area contributed by atoms with Crippen LogP contribution in [-0.4, -0.2) is 31.1 Å². The van der Waals surface area contributed by atoms with Crippen LogP contribution in [0.15, 0.2) is 0 Å². The summed E-state index contributed by atoms with van der Waals surface area (Å²) in [6, 6.07) is 0. The molecule has 2 heterocycles. The highest BCUT2D eigenvalue weighted by Gasteiger charge is 2.45. The molecule has 2 aliphatic heterocycles. The molecule has 3 nitrogen and oxygen atoms in total. The lowest BCUT2D eigenvalue weighted by Gasteiger charge is -2.37. The van der Waals surface area contributed by atoms with Gasteiger partial charge in [-0.15, -0.1) is 0 Å². The Labute approximate surface area is 86.2 Å². The van der Waals surface area contributed by atoms with Gasteiger partial charge in [-0.1, -0.05) is 0 Å². The van der Waals surface area contributed by atoms with E-state index in [9.17, 15) is 0 Å². The molecule has 2 saturated heterocycles. The van der Waals surface area contributed by atoms with E-state index in [0.29, 0.717) is 5.92 Å². The highest BCUT2D eigenvalue weighted by molar-refractivity contribution is 4.96. The lowest BCUT2D eigenvalue weighted by Crippen LogP contribution is -2.52. The molecule has 0 aromatic carbocycles. The summed E-state index contributed by atoms with van der Waals surface area (Å²) in [6.07, 6.45) is 2.22. The number of ether oxygens (including phenoxy) is 2. The zero-order valence-electron chi connectivity index (χ0n) is 9.43. The van der Waals surface area contributed by atoms with Gasteiger partial charge in [-0.25, -0.2) is 0 Å². The molecule has 14 heavy (non-hydrogen) atoms. The highest BCUT2D eigenvalue weighted by Crippen LogP contribution is 2.34. The van der Waals surface area contributed by atoms with Crippen molar-refractivity contribution in [2.24, 2.45) is 5.92 Å². The fourth-order valence-electron chi connectivity index (χ4n) is 2.54. The van der Waals surface area contributed by atoms with Crippen molar-refractivity contribution in [1.82, 2.24) is 5.32 Å². The zero-order valence-corrected chi connectivity index (χ0v) is 9.43. The van der Waals surface area contributed by atoms with E-state index in [1.54, 1.807) is 0 Å². The molecule has 2 aliphatic rings. The van der Waals surface area contributed by atoms with Crippen LogP contribution in [0.1, 0.15) is 33.6 Å². The maximum Gasteiger partial charge on any atom is 0.119 e. The minimum absolute atomic E-state index is 0.118. The van der Waals surface area contributed by atoms with Gasteiger partial charge in [0, 0.05) is 24.7 Å². The van der Waals surface area contributed by atoms with Crippen molar-refractivity contribution in [2.45, 2.75) is 44.9 Å². The van der Waals surface area contributed by atoms with Gasteiger partial charge in [-0.3, -0.25) is 5.32 Å². The molecule has 0 aromatic heterocycles. The molecule has 2 rings (SSSR count). The van der Waals surface area contributed by atoms with Crippen molar-refractivity contribution in [1.29, 1.82) is 0 Å². The molecular weight excluding hydrogens is 178 g/mol. The van der Waals surface area contributed by atoms with E-state index in [1.165, 1.54) is 0 Å². The first-order valence-electron chi connectivity index (χ1n) is 5.53. The van der Waals surface area contributed by atoms with Crippen LogP contribution in [0.25, 0.3) is 0 Å². The standard InChI is InChI=1S/C11H21NO2/c1-10(2)8-14-11(3,12-10)9-4-6-13-7-5-9/h9,12H,4-8H2,1-3H3. The first-order valence-corrected chi connectivity index (χ1v) is 5.53. The van der Waals surface area contributed by atoms with Crippen molar-refractivity contribution in [3.63, 3.8) is 0 Å². The molecule has 0 radical (unpaired) electrons. The van der Waals surface area contributed by atoms with Crippen molar-refractivity contribution >= 4 is 0 Å². The van der Waals surface area contributed by atoms with Gasteiger partial charge in [0.25, 0.3) is 0 Å². The maximum atomic E-state index is 5.93. The fourth-order valence-corrected chi connectivity index (χ4v) is 2.54. The van der Waals surface area contributed by atoms with Crippen molar-refractivity contribution in [3.05, 3.63) is 0 Å². The number of hydrogen-bond donors (Lipinski definition) is 1. The summed E-state index contributed by atoms with van der Waals surface area (Å²) in [5.74, 6) is 0.595. The molecule has 1 N–H and O–H groups in total. The first kappa shape index (κ1) is 10.4. The Morgan fingerprint density at radius 3 is 2.29 bits per heavy atom. The first-order chi connectivity index (χ1) is 6.52. The molecule has 3 heteroatoms. The SMILES string of the molecule is CC1(C)COC(C)(C2CCOCC2)N1.